The zero-order valence-electron chi connectivity index (χ0n) is 9.12. The molecule has 0 aliphatic heterocycles. The van der Waals surface area contributed by atoms with Crippen molar-refractivity contribution >= 4 is 28.8 Å². The Morgan fingerprint density at radius 2 is 2.33 bits per heavy atom. The SMILES string of the molecule is CCN(CCCCl)C(=O)c1sccc1C. The summed E-state index contributed by atoms with van der Waals surface area (Å²) in [6.45, 7) is 5.46. The molecule has 0 fully saturated rings. The average Bonchev–Trinajstić information content (AvgIpc) is 2.65. The van der Waals surface area contributed by atoms with Gasteiger partial charge >= 0.3 is 0 Å². The van der Waals surface area contributed by atoms with Gasteiger partial charge in [0.25, 0.3) is 5.91 Å². The van der Waals surface area contributed by atoms with Gasteiger partial charge in [-0.2, -0.15) is 0 Å². The Bertz CT molecular complexity index is 324. The lowest BCUT2D eigenvalue weighted by Gasteiger charge is -2.19. The number of halogens is 1. The first kappa shape index (κ1) is 12.5. The molecule has 1 amide bonds. The number of aryl methyl sites for hydroxylation is 1. The second kappa shape index (κ2) is 6.13. The molecule has 15 heavy (non-hydrogen) atoms. The lowest BCUT2D eigenvalue weighted by atomic mass is 10.2. The van der Waals surface area contributed by atoms with E-state index in [0.717, 1.165) is 30.0 Å². The van der Waals surface area contributed by atoms with E-state index in [2.05, 4.69) is 0 Å². The van der Waals surface area contributed by atoms with Gasteiger partial charge in [0.1, 0.15) is 0 Å². The lowest BCUT2D eigenvalue weighted by molar-refractivity contribution is 0.0769. The first-order valence-electron chi connectivity index (χ1n) is 5.10. The minimum Gasteiger partial charge on any atom is -0.338 e. The average molecular weight is 246 g/mol. The summed E-state index contributed by atoms with van der Waals surface area (Å²) in [5, 5.41) is 1.96. The number of carbonyl (C=O) groups is 1. The molecule has 0 bridgehead atoms. The van der Waals surface area contributed by atoms with Gasteiger partial charge in [0.05, 0.1) is 4.88 Å². The smallest absolute Gasteiger partial charge is 0.264 e. The molecule has 0 N–H and O–H groups in total. The Morgan fingerprint density at radius 3 is 2.80 bits per heavy atom. The molecule has 0 radical (unpaired) electrons. The van der Waals surface area contributed by atoms with Crippen molar-refractivity contribution in [1.82, 2.24) is 4.90 Å². The van der Waals surface area contributed by atoms with Crippen LogP contribution < -0.4 is 0 Å². The standard InChI is InChI=1S/C11H16ClNOS/c1-3-13(7-4-6-12)11(14)10-9(2)5-8-15-10/h5,8H,3-4,6-7H2,1-2H3. The summed E-state index contributed by atoms with van der Waals surface area (Å²) in [4.78, 5) is 14.8. The van der Waals surface area contributed by atoms with Crippen LogP contribution in [0.25, 0.3) is 0 Å². The molecule has 0 aliphatic rings. The van der Waals surface area contributed by atoms with E-state index < -0.39 is 0 Å². The van der Waals surface area contributed by atoms with E-state index in [1.54, 1.807) is 0 Å². The maximum absolute atomic E-state index is 12.1. The van der Waals surface area contributed by atoms with Crippen LogP contribution in [0.3, 0.4) is 0 Å². The number of hydrogen-bond donors (Lipinski definition) is 0. The van der Waals surface area contributed by atoms with Crippen molar-refractivity contribution in [3.8, 4) is 0 Å². The molecule has 0 saturated carbocycles. The molecule has 84 valence electrons. The van der Waals surface area contributed by atoms with E-state index in [1.807, 2.05) is 30.2 Å². The normalized spacial score (nSPS) is 10.3. The maximum atomic E-state index is 12.1. The number of hydrogen-bond acceptors (Lipinski definition) is 2. The number of alkyl halides is 1. The Morgan fingerprint density at radius 1 is 1.60 bits per heavy atom. The molecule has 1 heterocycles. The highest BCUT2D eigenvalue weighted by molar-refractivity contribution is 7.12. The Labute approximate surface area is 99.9 Å². The second-order valence-electron chi connectivity index (χ2n) is 3.36. The van der Waals surface area contributed by atoms with Gasteiger partial charge in [0.2, 0.25) is 0 Å². The molecular weight excluding hydrogens is 230 g/mol. The van der Waals surface area contributed by atoms with Crippen molar-refractivity contribution in [3.63, 3.8) is 0 Å². The van der Waals surface area contributed by atoms with Crippen molar-refractivity contribution in [1.29, 1.82) is 0 Å². The molecule has 0 unspecified atom stereocenters. The van der Waals surface area contributed by atoms with E-state index >= 15 is 0 Å². The van der Waals surface area contributed by atoms with Crippen LogP contribution in [0.1, 0.15) is 28.6 Å². The van der Waals surface area contributed by atoms with Crippen LogP contribution in [0.4, 0.5) is 0 Å². The third kappa shape index (κ3) is 3.21. The Hall–Kier alpha value is -0.540. The molecule has 1 rings (SSSR count). The predicted octanol–water partition coefficient (Wildman–Crippen LogP) is 3.15. The lowest BCUT2D eigenvalue weighted by Crippen LogP contribution is -2.31. The van der Waals surface area contributed by atoms with Crippen LogP contribution >= 0.6 is 22.9 Å². The third-order valence-corrected chi connectivity index (χ3v) is 3.56. The van der Waals surface area contributed by atoms with Gasteiger partial charge in [0.15, 0.2) is 0 Å². The van der Waals surface area contributed by atoms with E-state index in [1.165, 1.54) is 11.3 Å². The fourth-order valence-electron chi connectivity index (χ4n) is 1.39. The number of amides is 1. The minimum absolute atomic E-state index is 0.134. The summed E-state index contributed by atoms with van der Waals surface area (Å²) < 4.78 is 0. The number of nitrogens with zero attached hydrogens (tertiary/aromatic N) is 1. The van der Waals surface area contributed by atoms with Crippen LogP contribution in [-0.2, 0) is 0 Å². The van der Waals surface area contributed by atoms with E-state index in [-0.39, 0.29) is 5.91 Å². The molecule has 0 aromatic carbocycles. The van der Waals surface area contributed by atoms with E-state index in [0.29, 0.717) is 5.88 Å². The molecular formula is C11H16ClNOS. The van der Waals surface area contributed by atoms with Crippen LogP contribution in [0.15, 0.2) is 11.4 Å². The van der Waals surface area contributed by atoms with Crippen molar-refractivity contribution in [2.45, 2.75) is 20.3 Å². The zero-order valence-corrected chi connectivity index (χ0v) is 10.7. The number of carbonyl (C=O) groups excluding carboxylic acids is 1. The fraction of sp³-hybridized carbons (Fsp3) is 0.545. The fourth-order valence-corrected chi connectivity index (χ4v) is 2.40. The molecule has 0 atom stereocenters. The zero-order chi connectivity index (χ0) is 11.3. The van der Waals surface area contributed by atoms with Gasteiger partial charge in [-0.3, -0.25) is 4.79 Å². The first-order valence-corrected chi connectivity index (χ1v) is 6.51. The van der Waals surface area contributed by atoms with Crippen molar-refractivity contribution < 1.29 is 4.79 Å². The van der Waals surface area contributed by atoms with Crippen molar-refractivity contribution in [3.05, 3.63) is 21.9 Å². The van der Waals surface area contributed by atoms with Crippen LogP contribution in [0.2, 0.25) is 0 Å². The monoisotopic (exact) mass is 245 g/mol. The van der Waals surface area contributed by atoms with Gasteiger partial charge in [-0.25, -0.2) is 0 Å². The molecule has 2 nitrogen and oxygen atoms in total. The van der Waals surface area contributed by atoms with Gasteiger partial charge < -0.3 is 4.90 Å². The van der Waals surface area contributed by atoms with Crippen LogP contribution in [-0.4, -0.2) is 29.8 Å². The summed E-state index contributed by atoms with van der Waals surface area (Å²) in [5.41, 5.74) is 1.06. The summed E-state index contributed by atoms with van der Waals surface area (Å²) in [5.74, 6) is 0.739. The molecule has 0 aliphatic carbocycles. The van der Waals surface area contributed by atoms with Gasteiger partial charge in [-0.1, -0.05) is 0 Å². The van der Waals surface area contributed by atoms with Crippen LogP contribution in [0, 0.1) is 6.92 Å². The number of thiophene rings is 1. The van der Waals surface area contributed by atoms with Gasteiger partial charge in [-0.05, 0) is 37.3 Å². The Balaban J connectivity index is 2.69. The summed E-state index contributed by atoms with van der Waals surface area (Å²) in [7, 11) is 0. The molecule has 0 spiro atoms. The van der Waals surface area contributed by atoms with Gasteiger partial charge in [-0.15, -0.1) is 22.9 Å². The Kier molecular flexibility index (Phi) is 5.12. The quantitative estimate of drug-likeness (QED) is 0.730. The molecule has 0 saturated heterocycles. The van der Waals surface area contributed by atoms with Gasteiger partial charge in [0, 0.05) is 19.0 Å². The molecule has 1 aromatic heterocycles. The third-order valence-electron chi connectivity index (χ3n) is 2.29. The summed E-state index contributed by atoms with van der Waals surface area (Å²) >= 11 is 7.14. The highest BCUT2D eigenvalue weighted by Gasteiger charge is 2.16. The first-order chi connectivity index (χ1) is 7.20. The van der Waals surface area contributed by atoms with Crippen LogP contribution in [0.5, 0.6) is 0 Å². The van der Waals surface area contributed by atoms with E-state index in [4.69, 9.17) is 11.6 Å². The van der Waals surface area contributed by atoms with Crippen molar-refractivity contribution in [2.24, 2.45) is 0 Å². The topological polar surface area (TPSA) is 20.3 Å². The highest BCUT2D eigenvalue weighted by Crippen LogP contribution is 2.18. The predicted molar refractivity (Wildman–Crippen MR) is 66.0 cm³/mol. The second-order valence-corrected chi connectivity index (χ2v) is 4.65. The number of rotatable bonds is 5. The molecule has 1 aromatic rings. The van der Waals surface area contributed by atoms with E-state index in [9.17, 15) is 4.79 Å². The maximum Gasteiger partial charge on any atom is 0.264 e. The van der Waals surface area contributed by atoms with Crippen molar-refractivity contribution in [2.75, 3.05) is 19.0 Å². The largest absolute Gasteiger partial charge is 0.338 e. The summed E-state index contributed by atoms with van der Waals surface area (Å²) in [6, 6.07) is 1.98. The molecule has 4 heteroatoms. The summed E-state index contributed by atoms with van der Waals surface area (Å²) in [6.07, 6.45) is 0.853. The minimum atomic E-state index is 0.134. The highest BCUT2D eigenvalue weighted by atomic mass is 35.5.